The van der Waals surface area contributed by atoms with Gasteiger partial charge in [0.1, 0.15) is 5.75 Å². The number of methoxy groups -OCH3 is 1. The van der Waals surface area contributed by atoms with E-state index in [1.165, 1.54) is 24.0 Å². The molecule has 2 rings (SSSR count). The quantitative estimate of drug-likeness (QED) is 0.751. The molecule has 0 fully saturated rings. The van der Waals surface area contributed by atoms with Gasteiger partial charge in [-0.15, -0.1) is 0 Å². The van der Waals surface area contributed by atoms with Crippen LogP contribution in [0.3, 0.4) is 0 Å². The van der Waals surface area contributed by atoms with Crippen molar-refractivity contribution in [3.05, 3.63) is 52.2 Å². The summed E-state index contributed by atoms with van der Waals surface area (Å²) in [5, 5.41) is 7.93. The fourth-order valence-corrected chi connectivity index (χ4v) is 3.23. The van der Waals surface area contributed by atoms with E-state index in [2.05, 4.69) is 53.3 Å². The van der Waals surface area contributed by atoms with Gasteiger partial charge in [-0.2, -0.15) is 11.3 Å². The number of nitrogens with one attached hydrogen (secondary N) is 1. The molecule has 0 radical (unpaired) electrons. The summed E-state index contributed by atoms with van der Waals surface area (Å²) in [5.41, 5.74) is 2.86. The average molecular weight is 303 g/mol. The summed E-state index contributed by atoms with van der Waals surface area (Å²) in [6.07, 6.45) is 3.53. The van der Waals surface area contributed by atoms with Gasteiger partial charge in [-0.1, -0.05) is 19.1 Å². The van der Waals surface area contributed by atoms with E-state index in [0.29, 0.717) is 5.92 Å². The van der Waals surface area contributed by atoms with Gasteiger partial charge in [-0.25, -0.2) is 0 Å². The highest BCUT2D eigenvalue weighted by Crippen LogP contribution is 2.19. The summed E-state index contributed by atoms with van der Waals surface area (Å²) in [4.78, 5) is 0. The molecule has 0 aliphatic heterocycles. The third-order valence-electron chi connectivity index (χ3n) is 3.79. The van der Waals surface area contributed by atoms with Gasteiger partial charge in [0.2, 0.25) is 0 Å². The summed E-state index contributed by atoms with van der Waals surface area (Å²) in [5.74, 6) is 1.61. The normalized spacial score (nSPS) is 12.3. The molecule has 0 saturated carbocycles. The fraction of sp³-hybridized carbons (Fsp3) is 0.444. The van der Waals surface area contributed by atoms with Gasteiger partial charge < -0.3 is 10.1 Å². The number of thiophene rings is 1. The van der Waals surface area contributed by atoms with Crippen molar-refractivity contribution < 1.29 is 4.74 Å². The molecular weight excluding hydrogens is 278 g/mol. The first-order valence-corrected chi connectivity index (χ1v) is 8.60. The number of ether oxygens (including phenoxy) is 1. The maximum absolute atomic E-state index is 5.22. The molecule has 1 aromatic carbocycles. The van der Waals surface area contributed by atoms with Crippen molar-refractivity contribution in [2.24, 2.45) is 5.92 Å². The average Bonchev–Trinajstić information content (AvgIpc) is 3.04. The van der Waals surface area contributed by atoms with Crippen molar-refractivity contribution in [1.82, 2.24) is 5.32 Å². The van der Waals surface area contributed by atoms with Gasteiger partial charge in [0.25, 0.3) is 0 Å². The standard InChI is InChI=1S/C18H25NOS/c1-3-19-13-17(5-4-16-10-11-21-14-16)12-15-6-8-18(20-2)9-7-15/h6-11,14,17,19H,3-5,12-13H2,1-2H3. The molecule has 1 atom stereocenters. The highest BCUT2D eigenvalue weighted by molar-refractivity contribution is 7.07. The van der Waals surface area contributed by atoms with Crippen LogP contribution in [0.4, 0.5) is 0 Å². The summed E-state index contributed by atoms with van der Waals surface area (Å²) in [6.45, 7) is 4.30. The van der Waals surface area contributed by atoms with Gasteiger partial charge in [0.15, 0.2) is 0 Å². The molecule has 0 bridgehead atoms. The first kappa shape index (κ1) is 16.1. The Labute approximate surface area is 132 Å². The van der Waals surface area contributed by atoms with Gasteiger partial charge in [-0.3, -0.25) is 0 Å². The zero-order valence-electron chi connectivity index (χ0n) is 13.0. The van der Waals surface area contributed by atoms with Gasteiger partial charge in [-0.05, 0) is 78.4 Å². The second-order valence-corrected chi connectivity index (χ2v) is 6.18. The maximum Gasteiger partial charge on any atom is 0.118 e. The molecule has 1 N–H and O–H groups in total. The summed E-state index contributed by atoms with van der Waals surface area (Å²) >= 11 is 1.79. The maximum atomic E-state index is 5.22. The monoisotopic (exact) mass is 303 g/mol. The number of benzene rings is 1. The molecule has 3 heteroatoms. The lowest BCUT2D eigenvalue weighted by Gasteiger charge is -2.17. The zero-order valence-corrected chi connectivity index (χ0v) is 13.8. The van der Waals surface area contributed by atoms with E-state index in [-0.39, 0.29) is 0 Å². The molecule has 1 aromatic heterocycles. The minimum absolute atomic E-state index is 0.679. The number of rotatable bonds is 9. The zero-order chi connectivity index (χ0) is 14.9. The predicted octanol–water partition coefficient (Wildman–Crippen LogP) is 4.16. The Hall–Kier alpha value is -1.32. The van der Waals surface area contributed by atoms with Crippen LogP contribution in [0, 0.1) is 5.92 Å². The Kier molecular flexibility index (Phi) is 6.77. The Morgan fingerprint density at radius 1 is 1.14 bits per heavy atom. The SMILES string of the molecule is CCNCC(CCc1ccsc1)Cc1ccc(OC)cc1. The molecule has 2 nitrogen and oxygen atoms in total. The molecule has 0 spiro atoms. The molecule has 21 heavy (non-hydrogen) atoms. The van der Waals surface area contributed by atoms with Crippen LogP contribution in [0.15, 0.2) is 41.1 Å². The second kappa shape index (κ2) is 8.85. The largest absolute Gasteiger partial charge is 0.497 e. The molecule has 0 aliphatic carbocycles. The van der Waals surface area contributed by atoms with Crippen LogP contribution in [0.2, 0.25) is 0 Å². The lowest BCUT2D eigenvalue weighted by Crippen LogP contribution is -2.24. The van der Waals surface area contributed by atoms with Crippen molar-refractivity contribution in [1.29, 1.82) is 0 Å². The molecule has 0 aliphatic rings. The van der Waals surface area contributed by atoms with Crippen LogP contribution >= 0.6 is 11.3 Å². The van der Waals surface area contributed by atoms with E-state index in [1.54, 1.807) is 18.4 Å². The van der Waals surface area contributed by atoms with E-state index < -0.39 is 0 Å². The smallest absolute Gasteiger partial charge is 0.118 e. The van der Waals surface area contributed by atoms with Crippen molar-refractivity contribution in [3.8, 4) is 5.75 Å². The van der Waals surface area contributed by atoms with Crippen molar-refractivity contribution >= 4 is 11.3 Å². The molecule has 114 valence electrons. The second-order valence-electron chi connectivity index (χ2n) is 5.40. The van der Waals surface area contributed by atoms with Crippen molar-refractivity contribution in [3.63, 3.8) is 0 Å². The third kappa shape index (κ3) is 5.52. The minimum Gasteiger partial charge on any atom is -0.497 e. The highest BCUT2D eigenvalue weighted by Gasteiger charge is 2.10. The van der Waals surface area contributed by atoms with Crippen molar-refractivity contribution in [2.45, 2.75) is 26.2 Å². The molecular formula is C18H25NOS. The molecule has 0 amide bonds. The molecule has 0 saturated heterocycles. The summed E-state index contributed by atoms with van der Waals surface area (Å²) in [6, 6.07) is 10.7. The van der Waals surface area contributed by atoms with Crippen molar-refractivity contribution in [2.75, 3.05) is 20.2 Å². The lowest BCUT2D eigenvalue weighted by atomic mass is 9.93. The van der Waals surface area contributed by atoms with Crippen LogP contribution in [0.1, 0.15) is 24.5 Å². The number of aryl methyl sites for hydroxylation is 1. The minimum atomic E-state index is 0.679. The molecule has 1 unspecified atom stereocenters. The van der Waals surface area contributed by atoms with Gasteiger partial charge in [0, 0.05) is 0 Å². The number of hydrogen-bond acceptors (Lipinski definition) is 3. The van der Waals surface area contributed by atoms with Crippen LogP contribution in [0.25, 0.3) is 0 Å². The first-order valence-electron chi connectivity index (χ1n) is 7.66. The van der Waals surface area contributed by atoms with Gasteiger partial charge in [0.05, 0.1) is 7.11 Å². The third-order valence-corrected chi connectivity index (χ3v) is 4.52. The Morgan fingerprint density at radius 2 is 1.95 bits per heavy atom. The van der Waals surface area contributed by atoms with Gasteiger partial charge >= 0.3 is 0 Å². The first-order chi connectivity index (χ1) is 10.3. The fourth-order valence-electron chi connectivity index (χ4n) is 2.53. The number of hydrogen-bond donors (Lipinski definition) is 1. The van der Waals surface area contributed by atoms with Crippen LogP contribution in [-0.2, 0) is 12.8 Å². The summed E-state index contributed by atoms with van der Waals surface area (Å²) in [7, 11) is 1.71. The summed E-state index contributed by atoms with van der Waals surface area (Å²) < 4.78 is 5.22. The predicted molar refractivity (Wildman–Crippen MR) is 91.4 cm³/mol. The highest BCUT2D eigenvalue weighted by atomic mass is 32.1. The van der Waals surface area contributed by atoms with Crippen LogP contribution < -0.4 is 10.1 Å². The Balaban J connectivity index is 1.90. The van der Waals surface area contributed by atoms with E-state index in [4.69, 9.17) is 4.74 Å². The van der Waals surface area contributed by atoms with E-state index in [9.17, 15) is 0 Å². The van der Waals surface area contributed by atoms with E-state index in [1.807, 2.05) is 0 Å². The Bertz CT molecular complexity index is 492. The molecule has 2 aromatic rings. The van der Waals surface area contributed by atoms with Crippen LogP contribution in [0.5, 0.6) is 5.75 Å². The van der Waals surface area contributed by atoms with E-state index >= 15 is 0 Å². The molecule has 1 heterocycles. The van der Waals surface area contributed by atoms with Crippen LogP contribution in [-0.4, -0.2) is 20.2 Å². The topological polar surface area (TPSA) is 21.3 Å². The van der Waals surface area contributed by atoms with E-state index in [0.717, 1.165) is 25.3 Å². The lowest BCUT2D eigenvalue weighted by molar-refractivity contribution is 0.414. The Morgan fingerprint density at radius 3 is 2.57 bits per heavy atom.